The van der Waals surface area contributed by atoms with Crippen molar-refractivity contribution >= 4 is 29.4 Å². The van der Waals surface area contributed by atoms with Crippen LogP contribution in [0.4, 0.5) is 17.1 Å². The standard InChI is InChI=1S/C15H11N5O2/c16-19-18-14-9-3-2-8-13(14)17-11-5-7-12-6-1-4-10-15(12)20(21)22/h1-11H/b7-5+,17-11?. The van der Waals surface area contributed by atoms with Crippen molar-refractivity contribution < 1.29 is 4.92 Å². The second-order valence-electron chi connectivity index (χ2n) is 4.13. The summed E-state index contributed by atoms with van der Waals surface area (Å²) in [6, 6.07) is 13.3. The molecule has 0 fully saturated rings. The summed E-state index contributed by atoms with van der Waals surface area (Å²) in [4.78, 5) is 17.3. The predicted molar refractivity (Wildman–Crippen MR) is 85.5 cm³/mol. The summed E-state index contributed by atoms with van der Waals surface area (Å²) in [5, 5.41) is 14.4. The van der Waals surface area contributed by atoms with E-state index >= 15 is 0 Å². The number of allylic oxidation sites excluding steroid dienone is 1. The van der Waals surface area contributed by atoms with Crippen molar-refractivity contribution in [1.29, 1.82) is 0 Å². The van der Waals surface area contributed by atoms with Gasteiger partial charge < -0.3 is 0 Å². The van der Waals surface area contributed by atoms with E-state index in [1.54, 1.807) is 54.6 Å². The van der Waals surface area contributed by atoms with Gasteiger partial charge in [-0.1, -0.05) is 35.4 Å². The lowest BCUT2D eigenvalue weighted by atomic mass is 10.1. The summed E-state index contributed by atoms with van der Waals surface area (Å²) in [7, 11) is 0. The first-order valence-corrected chi connectivity index (χ1v) is 6.30. The van der Waals surface area contributed by atoms with Gasteiger partial charge in [0.15, 0.2) is 0 Å². The summed E-state index contributed by atoms with van der Waals surface area (Å²) in [5.41, 5.74) is 9.93. The fraction of sp³-hybridized carbons (Fsp3) is 0. The van der Waals surface area contributed by atoms with E-state index in [4.69, 9.17) is 5.53 Å². The Balaban J connectivity index is 2.20. The molecule has 0 heterocycles. The Bertz CT molecular complexity index is 739. The van der Waals surface area contributed by atoms with E-state index in [0.29, 0.717) is 16.9 Å². The summed E-state index contributed by atoms with van der Waals surface area (Å²) in [6.45, 7) is 0. The quantitative estimate of drug-likeness (QED) is 0.194. The lowest BCUT2D eigenvalue weighted by Crippen LogP contribution is -1.90. The maximum atomic E-state index is 10.9. The third-order valence-corrected chi connectivity index (χ3v) is 2.74. The van der Waals surface area contributed by atoms with Gasteiger partial charge in [0.25, 0.3) is 5.69 Å². The van der Waals surface area contributed by atoms with Gasteiger partial charge in [-0.05, 0) is 29.8 Å². The zero-order valence-electron chi connectivity index (χ0n) is 11.4. The highest BCUT2D eigenvalue weighted by Gasteiger charge is 2.08. The molecule has 2 aromatic rings. The van der Waals surface area contributed by atoms with Crippen molar-refractivity contribution in [3.05, 3.63) is 80.7 Å². The van der Waals surface area contributed by atoms with E-state index in [1.807, 2.05) is 0 Å². The predicted octanol–water partition coefficient (Wildman–Crippen LogP) is 4.95. The van der Waals surface area contributed by atoms with Gasteiger partial charge >= 0.3 is 0 Å². The molecule has 7 nitrogen and oxygen atoms in total. The second kappa shape index (κ2) is 7.37. The van der Waals surface area contributed by atoms with E-state index in [2.05, 4.69) is 15.0 Å². The maximum absolute atomic E-state index is 10.9. The Morgan fingerprint density at radius 2 is 1.77 bits per heavy atom. The molecule has 108 valence electrons. The average Bonchev–Trinajstić information content (AvgIpc) is 2.53. The molecule has 0 saturated heterocycles. The van der Waals surface area contributed by atoms with E-state index < -0.39 is 4.92 Å². The fourth-order valence-electron chi connectivity index (χ4n) is 1.77. The van der Waals surface area contributed by atoms with Crippen molar-refractivity contribution in [2.24, 2.45) is 10.1 Å². The van der Waals surface area contributed by atoms with Gasteiger partial charge in [0, 0.05) is 17.2 Å². The van der Waals surface area contributed by atoms with Crippen LogP contribution in [-0.2, 0) is 0 Å². The molecule has 2 aromatic carbocycles. The molecule has 0 unspecified atom stereocenters. The van der Waals surface area contributed by atoms with Crippen molar-refractivity contribution in [1.82, 2.24) is 0 Å². The number of nitro groups is 1. The third kappa shape index (κ3) is 3.78. The number of hydrogen-bond acceptors (Lipinski definition) is 4. The van der Waals surface area contributed by atoms with Gasteiger partial charge in [0.05, 0.1) is 21.9 Å². The van der Waals surface area contributed by atoms with Gasteiger partial charge in [0.1, 0.15) is 0 Å². The maximum Gasteiger partial charge on any atom is 0.276 e. The average molecular weight is 293 g/mol. The number of nitro benzene ring substituents is 1. The zero-order chi connectivity index (χ0) is 15.8. The van der Waals surface area contributed by atoms with Gasteiger partial charge in [-0.15, -0.1) is 0 Å². The van der Waals surface area contributed by atoms with Crippen LogP contribution in [0.1, 0.15) is 5.56 Å². The second-order valence-corrected chi connectivity index (χ2v) is 4.13. The van der Waals surface area contributed by atoms with Crippen LogP contribution >= 0.6 is 0 Å². The van der Waals surface area contributed by atoms with Crippen LogP contribution in [0.25, 0.3) is 16.5 Å². The molecule has 0 amide bonds. The number of hydrogen-bond donors (Lipinski definition) is 0. The van der Waals surface area contributed by atoms with Crippen LogP contribution < -0.4 is 0 Å². The van der Waals surface area contributed by atoms with Crippen molar-refractivity contribution in [3.8, 4) is 0 Å². The number of nitrogens with zero attached hydrogens (tertiary/aromatic N) is 5. The van der Waals surface area contributed by atoms with Crippen LogP contribution in [0.5, 0.6) is 0 Å². The van der Waals surface area contributed by atoms with Crippen LogP contribution in [0.2, 0.25) is 0 Å². The SMILES string of the molecule is [N-]=[N+]=Nc1ccccc1N=C/C=C/c1ccccc1[N+](=O)[O-]. The molecule has 0 spiro atoms. The molecule has 0 atom stereocenters. The minimum Gasteiger partial charge on any atom is -0.258 e. The first-order valence-electron chi connectivity index (χ1n) is 6.30. The van der Waals surface area contributed by atoms with Gasteiger partial charge in [-0.25, -0.2) is 0 Å². The molecule has 0 N–H and O–H groups in total. The minimum atomic E-state index is -0.437. The van der Waals surface area contributed by atoms with Crippen molar-refractivity contribution in [3.63, 3.8) is 0 Å². The lowest BCUT2D eigenvalue weighted by Gasteiger charge is -1.97. The molecule has 0 radical (unpaired) electrons. The Kier molecular flexibility index (Phi) is 5.01. The highest BCUT2D eigenvalue weighted by molar-refractivity contribution is 5.83. The topological polar surface area (TPSA) is 104 Å². The molecular formula is C15H11N5O2. The molecule has 0 aliphatic rings. The fourth-order valence-corrected chi connectivity index (χ4v) is 1.77. The van der Waals surface area contributed by atoms with Gasteiger partial charge in [0.2, 0.25) is 0 Å². The normalized spacial score (nSPS) is 10.7. The number of azide groups is 1. The van der Waals surface area contributed by atoms with E-state index in [-0.39, 0.29) is 5.69 Å². The highest BCUT2D eigenvalue weighted by atomic mass is 16.6. The van der Waals surface area contributed by atoms with E-state index in [1.165, 1.54) is 12.3 Å². The van der Waals surface area contributed by atoms with Gasteiger partial charge in [-0.2, -0.15) is 0 Å². The lowest BCUT2D eigenvalue weighted by molar-refractivity contribution is -0.385. The molecular weight excluding hydrogens is 282 g/mol. The van der Waals surface area contributed by atoms with Crippen LogP contribution in [0, 0.1) is 10.1 Å². The summed E-state index contributed by atoms with van der Waals surface area (Å²) in [6.07, 6.45) is 4.68. The highest BCUT2D eigenvalue weighted by Crippen LogP contribution is 2.27. The Hall–Kier alpha value is -3.44. The number of aliphatic imine (C=N–C) groups is 1. The van der Waals surface area contributed by atoms with Crippen molar-refractivity contribution in [2.45, 2.75) is 0 Å². The smallest absolute Gasteiger partial charge is 0.258 e. The van der Waals surface area contributed by atoms with Crippen molar-refractivity contribution in [2.75, 3.05) is 0 Å². The summed E-state index contributed by atoms with van der Waals surface area (Å²) >= 11 is 0. The minimum absolute atomic E-state index is 0.0293. The third-order valence-electron chi connectivity index (χ3n) is 2.74. The molecule has 2 rings (SSSR count). The molecule has 0 aliphatic heterocycles. The summed E-state index contributed by atoms with van der Waals surface area (Å²) < 4.78 is 0. The molecule has 22 heavy (non-hydrogen) atoms. The Morgan fingerprint density at radius 1 is 1.09 bits per heavy atom. The zero-order valence-corrected chi connectivity index (χ0v) is 11.4. The van der Waals surface area contributed by atoms with Crippen LogP contribution in [-0.4, -0.2) is 11.1 Å². The first-order chi connectivity index (χ1) is 10.7. The van der Waals surface area contributed by atoms with Crippen LogP contribution in [0.15, 0.2) is 64.7 Å². The van der Waals surface area contributed by atoms with E-state index in [0.717, 1.165) is 0 Å². The Morgan fingerprint density at radius 3 is 2.50 bits per heavy atom. The first kappa shape index (κ1) is 15.0. The number of para-hydroxylation sites is 2. The summed E-state index contributed by atoms with van der Waals surface area (Å²) in [5.74, 6) is 0. The molecule has 7 heteroatoms. The van der Waals surface area contributed by atoms with Gasteiger partial charge in [-0.3, -0.25) is 15.1 Å². The molecule has 0 aromatic heterocycles. The Labute approximate surface area is 126 Å². The molecule has 0 aliphatic carbocycles. The number of rotatable bonds is 5. The molecule has 0 bridgehead atoms. The van der Waals surface area contributed by atoms with E-state index in [9.17, 15) is 10.1 Å². The monoisotopic (exact) mass is 293 g/mol. The molecule has 0 saturated carbocycles. The number of benzene rings is 2. The largest absolute Gasteiger partial charge is 0.276 e. The van der Waals surface area contributed by atoms with Crippen LogP contribution in [0.3, 0.4) is 0 Å².